The van der Waals surface area contributed by atoms with E-state index in [0.29, 0.717) is 12.5 Å². The van der Waals surface area contributed by atoms with E-state index < -0.39 is 0 Å². The Balaban J connectivity index is 2.24. The van der Waals surface area contributed by atoms with E-state index in [2.05, 4.69) is 19.9 Å². The van der Waals surface area contributed by atoms with Gasteiger partial charge in [-0.25, -0.2) is 0 Å². The predicted octanol–water partition coefficient (Wildman–Crippen LogP) is 4.18. The lowest BCUT2D eigenvalue weighted by Gasteiger charge is -2.20. The second kappa shape index (κ2) is 6.62. The van der Waals surface area contributed by atoms with Gasteiger partial charge >= 0.3 is 0 Å². The van der Waals surface area contributed by atoms with Gasteiger partial charge in [0.05, 0.1) is 0 Å². The van der Waals surface area contributed by atoms with Gasteiger partial charge < -0.3 is 14.9 Å². The van der Waals surface area contributed by atoms with Crippen LogP contribution in [-0.2, 0) is 0 Å². The molecule has 3 heteroatoms. The summed E-state index contributed by atoms with van der Waals surface area (Å²) in [7, 11) is 0. The normalized spacial score (nSPS) is 14.0. The molecule has 0 amide bonds. The Morgan fingerprint density at radius 3 is 2.55 bits per heavy atom. The van der Waals surface area contributed by atoms with Crippen LogP contribution in [0.3, 0.4) is 0 Å². The molecule has 1 aromatic heterocycles. The van der Waals surface area contributed by atoms with E-state index in [-0.39, 0.29) is 6.10 Å². The molecule has 2 N–H and O–H groups in total. The van der Waals surface area contributed by atoms with Gasteiger partial charge in [-0.1, -0.05) is 32.0 Å². The molecule has 2 atom stereocenters. The molecule has 2 aromatic rings. The van der Waals surface area contributed by atoms with Gasteiger partial charge in [-0.15, -0.1) is 0 Å². The van der Waals surface area contributed by atoms with Crippen molar-refractivity contribution >= 4 is 0 Å². The van der Waals surface area contributed by atoms with E-state index >= 15 is 0 Å². The first-order valence-electron chi connectivity index (χ1n) is 7.17. The van der Waals surface area contributed by atoms with Crippen molar-refractivity contribution in [3.63, 3.8) is 0 Å². The quantitative estimate of drug-likeness (QED) is 0.859. The molecule has 0 aliphatic carbocycles. The Morgan fingerprint density at radius 1 is 1.20 bits per heavy atom. The number of para-hydroxylation sites is 1. The first kappa shape index (κ1) is 14.7. The van der Waals surface area contributed by atoms with Crippen molar-refractivity contribution < 1.29 is 9.15 Å². The third-order valence-electron chi connectivity index (χ3n) is 3.62. The molecule has 2 unspecified atom stereocenters. The topological polar surface area (TPSA) is 48.4 Å². The second-order valence-corrected chi connectivity index (χ2v) is 5.14. The van der Waals surface area contributed by atoms with Crippen molar-refractivity contribution in [2.24, 2.45) is 5.73 Å². The van der Waals surface area contributed by atoms with Gasteiger partial charge in [0.2, 0.25) is 0 Å². The van der Waals surface area contributed by atoms with Crippen LogP contribution in [0.4, 0.5) is 0 Å². The molecular weight excluding hydrogens is 250 g/mol. The Hall–Kier alpha value is -1.74. The Bertz CT molecular complexity index is 547. The van der Waals surface area contributed by atoms with Crippen molar-refractivity contribution in [2.45, 2.75) is 39.2 Å². The molecule has 2 rings (SSSR count). The minimum atomic E-state index is -0.242. The third kappa shape index (κ3) is 3.23. The summed E-state index contributed by atoms with van der Waals surface area (Å²) in [4.78, 5) is 0. The Kier molecular flexibility index (Phi) is 4.85. The van der Waals surface area contributed by atoms with Crippen LogP contribution in [0.2, 0.25) is 0 Å². The van der Waals surface area contributed by atoms with E-state index in [1.165, 1.54) is 5.56 Å². The van der Waals surface area contributed by atoms with Crippen LogP contribution in [0.15, 0.2) is 40.8 Å². The average Bonchev–Trinajstić information content (AvgIpc) is 2.90. The lowest BCUT2D eigenvalue weighted by Crippen LogP contribution is -2.18. The van der Waals surface area contributed by atoms with Crippen LogP contribution in [0.1, 0.15) is 49.4 Å². The lowest BCUT2D eigenvalue weighted by molar-refractivity contribution is 0.180. The van der Waals surface area contributed by atoms with E-state index in [9.17, 15) is 0 Å². The second-order valence-electron chi connectivity index (χ2n) is 5.14. The van der Waals surface area contributed by atoms with Crippen molar-refractivity contribution in [3.8, 4) is 5.75 Å². The summed E-state index contributed by atoms with van der Waals surface area (Å²) < 4.78 is 11.7. The summed E-state index contributed by atoms with van der Waals surface area (Å²) in [5.74, 6) is 3.01. The maximum Gasteiger partial charge on any atom is 0.168 e. The molecule has 108 valence electrons. The predicted molar refractivity (Wildman–Crippen MR) is 81.0 cm³/mol. The zero-order valence-corrected chi connectivity index (χ0v) is 12.4. The van der Waals surface area contributed by atoms with Crippen LogP contribution in [-0.4, -0.2) is 6.54 Å². The molecular formula is C17H23NO2. The maximum atomic E-state index is 6.10. The molecule has 20 heavy (non-hydrogen) atoms. The summed E-state index contributed by atoms with van der Waals surface area (Å²) in [5, 5.41) is 0. The molecule has 0 aliphatic rings. The fourth-order valence-electron chi connectivity index (χ4n) is 2.22. The molecule has 0 radical (unpaired) electrons. The fraction of sp³-hybridized carbons (Fsp3) is 0.412. The van der Waals surface area contributed by atoms with Crippen molar-refractivity contribution in [3.05, 3.63) is 53.5 Å². The minimum absolute atomic E-state index is 0.242. The van der Waals surface area contributed by atoms with Gasteiger partial charge in [0.25, 0.3) is 0 Å². The largest absolute Gasteiger partial charge is 0.481 e. The number of nitrogens with two attached hydrogens (primary N) is 1. The van der Waals surface area contributed by atoms with Gasteiger partial charge in [-0.05, 0) is 43.0 Å². The first-order chi connectivity index (χ1) is 9.65. The monoisotopic (exact) mass is 273 g/mol. The third-order valence-corrected chi connectivity index (χ3v) is 3.62. The molecule has 0 fully saturated rings. The minimum Gasteiger partial charge on any atom is -0.481 e. The highest BCUT2D eigenvalue weighted by Gasteiger charge is 2.18. The first-order valence-corrected chi connectivity index (χ1v) is 7.17. The lowest BCUT2D eigenvalue weighted by atomic mass is 9.98. The highest BCUT2D eigenvalue weighted by molar-refractivity contribution is 5.36. The van der Waals surface area contributed by atoms with Gasteiger partial charge in [-0.2, -0.15) is 0 Å². The van der Waals surface area contributed by atoms with E-state index in [4.69, 9.17) is 14.9 Å². The van der Waals surface area contributed by atoms with Crippen LogP contribution in [0.25, 0.3) is 0 Å². The van der Waals surface area contributed by atoms with Crippen LogP contribution in [0.5, 0.6) is 5.75 Å². The number of hydrogen-bond acceptors (Lipinski definition) is 3. The van der Waals surface area contributed by atoms with Gasteiger partial charge in [-0.3, -0.25) is 0 Å². The molecule has 0 saturated carbocycles. The smallest absolute Gasteiger partial charge is 0.168 e. The fourth-order valence-corrected chi connectivity index (χ4v) is 2.22. The molecule has 0 bridgehead atoms. The number of benzene rings is 1. The summed E-state index contributed by atoms with van der Waals surface area (Å²) in [5.41, 5.74) is 7.05. The number of ether oxygens (including phenoxy) is 1. The zero-order chi connectivity index (χ0) is 14.5. The summed E-state index contributed by atoms with van der Waals surface area (Å²) in [6.07, 6.45) is 0.835. The van der Waals surface area contributed by atoms with E-state index in [1.54, 1.807) is 0 Å². The molecule has 1 aromatic carbocycles. The van der Waals surface area contributed by atoms with Crippen molar-refractivity contribution in [1.82, 2.24) is 0 Å². The maximum absolute atomic E-state index is 6.10. The molecule has 1 heterocycles. The number of aryl methyl sites for hydroxylation is 1. The summed E-state index contributed by atoms with van der Waals surface area (Å²) in [6.45, 7) is 6.69. The molecule has 0 aliphatic heterocycles. The molecule has 0 saturated heterocycles. The van der Waals surface area contributed by atoms with Gasteiger partial charge in [0.15, 0.2) is 6.10 Å². The SMILES string of the molecule is CCC(C)c1ccccc1OC(CN)c1ccc(C)o1. The summed E-state index contributed by atoms with van der Waals surface area (Å²) >= 11 is 0. The Morgan fingerprint density at radius 2 is 1.95 bits per heavy atom. The van der Waals surface area contributed by atoms with Crippen molar-refractivity contribution in [2.75, 3.05) is 6.54 Å². The number of hydrogen-bond donors (Lipinski definition) is 1. The summed E-state index contributed by atoms with van der Waals surface area (Å²) in [6, 6.07) is 12.0. The Labute approximate surface area is 120 Å². The molecule has 3 nitrogen and oxygen atoms in total. The highest BCUT2D eigenvalue weighted by atomic mass is 16.5. The number of rotatable bonds is 6. The van der Waals surface area contributed by atoms with Crippen LogP contribution >= 0.6 is 0 Å². The van der Waals surface area contributed by atoms with Crippen LogP contribution in [0, 0.1) is 6.92 Å². The van der Waals surface area contributed by atoms with Crippen molar-refractivity contribution in [1.29, 1.82) is 0 Å². The van der Waals surface area contributed by atoms with Gasteiger partial charge in [0, 0.05) is 6.54 Å². The standard InChI is InChI=1S/C17H23NO2/c1-4-12(2)14-7-5-6-8-15(14)20-17(11-18)16-10-9-13(3)19-16/h5-10,12,17H,4,11,18H2,1-3H3. The number of furan rings is 1. The van der Waals surface area contributed by atoms with Crippen LogP contribution < -0.4 is 10.5 Å². The van der Waals surface area contributed by atoms with Gasteiger partial charge in [0.1, 0.15) is 17.3 Å². The highest BCUT2D eigenvalue weighted by Crippen LogP contribution is 2.31. The van der Waals surface area contributed by atoms with E-state index in [1.807, 2.05) is 37.3 Å². The zero-order valence-electron chi connectivity index (χ0n) is 12.4. The van der Waals surface area contributed by atoms with E-state index in [0.717, 1.165) is 23.7 Å². The average molecular weight is 273 g/mol. The molecule has 0 spiro atoms.